The SMILES string of the molecule is CC1(C)O[C@H]2O[C@H](Cn3cc([C@]4(O)CC[C@H]5[C@@H]6CCC7=CC(=O)CC[C@@H]7[C@H]6CC[C@@]54C)nn3)[C@H](OCc3ccccc3)[C@H]2O1. The number of rotatable bonds is 6. The molecule has 0 spiro atoms. The monoisotopic (exact) mass is 603 g/mol. The highest BCUT2D eigenvalue weighted by Gasteiger charge is 2.64. The number of allylic oxidation sites excluding steroid dienone is 1. The van der Waals surface area contributed by atoms with Crippen LogP contribution >= 0.6 is 0 Å². The number of hydrogen-bond donors (Lipinski definition) is 1. The third-order valence-corrected chi connectivity index (χ3v) is 12.2. The van der Waals surface area contributed by atoms with E-state index in [-0.39, 0.29) is 23.7 Å². The minimum absolute atomic E-state index is 0.254. The van der Waals surface area contributed by atoms with Gasteiger partial charge in [0.25, 0.3) is 0 Å². The van der Waals surface area contributed by atoms with E-state index in [4.69, 9.17) is 18.9 Å². The van der Waals surface area contributed by atoms with Gasteiger partial charge in [-0.15, -0.1) is 5.10 Å². The summed E-state index contributed by atoms with van der Waals surface area (Å²) < 4.78 is 26.8. The van der Waals surface area contributed by atoms with E-state index in [1.54, 1.807) is 4.68 Å². The van der Waals surface area contributed by atoms with Crippen LogP contribution in [-0.2, 0) is 42.5 Å². The molecule has 44 heavy (non-hydrogen) atoms. The smallest absolute Gasteiger partial charge is 0.190 e. The number of benzene rings is 1. The van der Waals surface area contributed by atoms with Crippen molar-refractivity contribution in [3.05, 3.63) is 59.4 Å². The van der Waals surface area contributed by atoms with Crippen LogP contribution < -0.4 is 0 Å². The van der Waals surface area contributed by atoms with Crippen molar-refractivity contribution in [2.45, 2.75) is 121 Å². The molecule has 10 atom stereocenters. The lowest BCUT2D eigenvalue weighted by molar-refractivity contribution is -0.220. The molecule has 9 heteroatoms. The Morgan fingerprint density at radius 1 is 1.02 bits per heavy atom. The van der Waals surface area contributed by atoms with Gasteiger partial charge in [-0.2, -0.15) is 0 Å². The standard InChI is InChI=1S/C35H45N3O6/c1-33(2)43-31-30(41-20-21-7-5-4-6-8-21)28(42-32(31)44-33)18-38-19-29(36-37-38)35(40)16-14-27-26-11-9-22-17-23(39)10-12-24(22)25(26)13-15-34(27,35)3/h4-8,17,19,24-28,30-32,40H,9-16,18,20H2,1-3H3/t24-,25+,26+,27-,28+,30-,31+,32+,34-,35+/m0/s1. The van der Waals surface area contributed by atoms with Gasteiger partial charge in [-0.25, -0.2) is 4.68 Å². The molecule has 1 aromatic carbocycles. The van der Waals surface area contributed by atoms with Crippen molar-refractivity contribution in [2.24, 2.45) is 29.1 Å². The van der Waals surface area contributed by atoms with Gasteiger partial charge in [0.1, 0.15) is 29.6 Å². The Morgan fingerprint density at radius 3 is 2.70 bits per heavy atom. The molecule has 2 saturated heterocycles. The summed E-state index contributed by atoms with van der Waals surface area (Å²) in [4.78, 5) is 12.1. The second-order valence-electron chi connectivity index (χ2n) is 14.9. The number of aromatic nitrogens is 3. The highest BCUT2D eigenvalue weighted by molar-refractivity contribution is 5.91. The summed E-state index contributed by atoms with van der Waals surface area (Å²) in [5.74, 6) is 1.77. The number of ether oxygens (including phenoxy) is 4. The lowest BCUT2D eigenvalue weighted by atomic mass is 9.50. The van der Waals surface area contributed by atoms with Gasteiger partial charge < -0.3 is 24.1 Å². The molecule has 0 amide bonds. The van der Waals surface area contributed by atoms with E-state index in [2.05, 4.69) is 17.2 Å². The lowest BCUT2D eigenvalue weighted by Gasteiger charge is -2.55. The molecule has 1 aromatic heterocycles. The van der Waals surface area contributed by atoms with E-state index < -0.39 is 17.7 Å². The van der Waals surface area contributed by atoms with E-state index in [0.717, 1.165) is 44.1 Å². The van der Waals surface area contributed by atoms with Crippen LogP contribution in [0.25, 0.3) is 0 Å². The maximum Gasteiger partial charge on any atom is 0.190 e. The molecular weight excluding hydrogens is 558 g/mol. The fourth-order valence-electron chi connectivity index (χ4n) is 10.0. The first-order valence-corrected chi connectivity index (χ1v) is 16.7. The summed E-state index contributed by atoms with van der Waals surface area (Å²) in [6, 6.07) is 10.1. The minimum Gasteiger partial charge on any atom is -0.383 e. The summed E-state index contributed by atoms with van der Waals surface area (Å²) in [5, 5.41) is 21.5. The van der Waals surface area contributed by atoms with Crippen molar-refractivity contribution in [3.63, 3.8) is 0 Å². The fraction of sp³-hybridized carbons (Fsp3) is 0.686. The number of ketones is 1. The molecule has 2 aliphatic heterocycles. The number of carbonyl (C=O) groups is 1. The van der Waals surface area contributed by atoms with E-state index in [9.17, 15) is 9.90 Å². The third kappa shape index (κ3) is 4.65. The molecule has 5 fully saturated rings. The third-order valence-electron chi connectivity index (χ3n) is 12.2. The molecule has 8 rings (SSSR count). The van der Waals surface area contributed by atoms with Crippen LogP contribution in [0, 0.1) is 29.1 Å². The van der Waals surface area contributed by atoms with Gasteiger partial charge in [-0.05, 0) is 94.1 Å². The van der Waals surface area contributed by atoms with Crippen molar-refractivity contribution in [3.8, 4) is 0 Å². The molecule has 0 radical (unpaired) electrons. The summed E-state index contributed by atoms with van der Waals surface area (Å²) in [5.41, 5.74) is 1.86. The van der Waals surface area contributed by atoms with Crippen LogP contribution in [0.5, 0.6) is 0 Å². The quantitative estimate of drug-likeness (QED) is 0.488. The number of aliphatic hydroxyl groups is 1. The van der Waals surface area contributed by atoms with Crippen LogP contribution in [0.1, 0.15) is 83.4 Å². The van der Waals surface area contributed by atoms with Crippen molar-refractivity contribution in [1.29, 1.82) is 0 Å². The van der Waals surface area contributed by atoms with Gasteiger partial charge in [0.15, 0.2) is 17.9 Å². The first-order valence-electron chi connectivity index (χ1n) is 16.7. The largest absolute Gasteiger partial charge is 0.383 e. The van der Waals surface area contributed by atoms with Crippen molar-refractivity contribution >= 4 is 5.78 Å². The van der Waals surface area contributed by atoms with Gasteiger partial charge in [0.05, 0.1) is 19.3 Å². The Hall–Kier alpha value is -2.43. The van der Waals surface area contributed by atoms with Crippen LogP contribution in [-0.4, -0.2) is 56.3 Å². The highest BCUT2D eigenvalue weighted by atomic mass is 16.8. The van der Waals surface area contributed by atoms with Crippen molar-refractivity contribution in [2.75, 3.05) is 0 Å². The Morgan fingerprint density at radius 2 is 1.86 bits per heavy atom. The number of nitrogens with zero attached hydrogens (tertiary/aromatic N) is 3. The second kappa shape index (κ2) is 10.6. The zero-order chi connectivity index (χ0) is 30.3. The lowest BCUT2D eigenvalue weighted by Crippen LogP contribution is -2.51. The summed E-state index contributed by atoms with van der Waals surface area (Å²) in [6.45, 7) is 6.94. The van der Waals surface area contributed by atoms with Crippen LogP contribution in [0.3, 0.4) is 0 Å². The Kier molecular flexibility index (Phi) is 6.96. The predicted molar refractivity (Wildman–Crippen MR) is 160 cm³/mol. The molecule has 2 aromatic rings. The summed E-state index contributed by atoms with van der Waals surface area (Å²) >= 11 is 0. The Bertz CT molecular complexity index is 1440. The maximum absolute atomic E-state index is 12.4. The van der Waals surface area contributed by atoms with Gasteiger partial charge in [-0.3, -0.25) is 4.79 Å². The molecule has 6 aliphatic rings. The van der Waals surface area contributed by atoms with Crippen LogP contribution in [0.4, 0.5) is 0 Å². The van der Waals surface area contributed by atoms with Crippen molar-refractivity contribution in [1.82, 2.24) is 15.0 Å². The molecule has 3 heterocycles. The zero-order valence-electron chi connectivity index (χ0n) is 26.1. The Balaban J connectivity index is 0.993. The molecule has 0 bridgehead atoms. The van der Waals surface area contributed by atoms with E-state index in [1.807, 2.05) is 56.5 Å². The second-order valence-corrected chi connectivity index (χ2v) is 14.9. The predicted octanol–water partition coefficient (Wildman–Crippen LogP) is 5.07. The number of hydrogen-bond acceptors (Lipinski definition) is 8. The number of carbonyl (C=O) groups excluding carboxylic acids is 1. The first-order chi connectivity index (χ1) is 21.1. The first kappa shape index (κ1) is 29.0. The van der Waals surface area contributed by atoms with Gasteiger partial charge >= 0.3 is 0 Å². The zero-order valence-corrected chi connectivity index (χ0v) is 26.1. The highest BCUT2D eigenvalue weighted by Crippen LogP contribution is 2.67. The summed E-state index contributed by atoms with van der Waals surface area (Å²) in [6.07, 6.45) is 9.94. The average Bonchev–Trinajstić information content (AvgIpc) is 3.73. The summed E-state index contributed by atoms with van der Waals surface area (Å²) in [7, 11) is 0. The minimum atomic E-state index is -1.02. The van der Waals surface area contributed by atoms with Gasteiger partial charge in [0, 0.05) is 11.8 Å². The van der Waals surface area contributed by atoms with Gasteiger partial charge in [-0.1, -0.05) is 48.0 Å². The molecule has 3 saturated carbocycles. The molecular formula is C35H45N3O6. The molecule has 1 N–H and O–H groups in total. The normalized spacial score (nSPS) is 42.4. The van der Waals surface area contributed by atoms with E-state index >= 15 is 0 Å². The maximum atomic E-state index is 12.4. The Labute approximate surface area is 259 Å². The van der Waals surface area contributed by atoms with E-state index in [1.165, 1.54) is 5.57 Å². The topological polar surface area (TPSA) is 105 Å². The van der Waals surface area contributed by atoms with Crippen LogP contribution in [0.2, 0.25) is 0 Å². The molecule has 0 unspecified atom stereocenters. The molecule has 4 aliphatic carbocycles. The van der Waals surface area contributed by atoms with E-state index in [0.29, 0.717) is 61.1 Å². The average molecular weight is 604 g/mol. The molecule has 236 valence electrons. The number of fused-ring (bicyclic) bond motifs is 6. The molecule has 9 nitrogen and oxygen atoms in total. The van der Waals surface area contributed by atoms with Crippen molar-refractivity contribution < 1.29 is 28.8 Å². The van der Waals surface area contributed by atoms with Gasteiger partial charge in [0.2, 0.25) is 0 Å². The van der Waals surface area contributed by atoms with Crippen LogP contribution in [0.15, 0.2) is 48.2 Å². The fourth-order valence-corrected chi connectivity index (χ4v) is 10.0.